The quantitative estimate of drug-likeness (QED) is 0.890. The molecule has 4 N–H and O–H groups in total. The maximum absolute atomic E-state index is 11.5. The SMILES string of the molecule is NCC1CCCCC1Oc1cccc(Cl)c1C(N)=O. The Morgan fingerprint density at radius 2 is 2.11 bits per heavy atom. The standard InChI is InChI=1S/C14H19ClN2O2/c15-10-5-3-7-12(13(10)14(17)18)19-11-6-2-1-4-9(11)8-16/h3,5,7,9,11H,1-2,4,6,8,16H2,(H2,17,18). The number of carbonyl (C=O) groups is 1. The van der Waals surface area contributed by atoms with Crippen molar-refractivity contribution in [2.24, 2.45) is 17.4 Å². The van der Waals surface area contributed by atoms with Crippen LogP contribution in [0.4, 0.5) is 0 Å². The maximum atomic E-state index is 11.5. The average Bonchev–Trinajstić information content (AvgIpc) is 2.39. The van der Waals surface area contributed by atoms with Crippen molar-refractivity contribution in [2.75, 3.05) is 6.54 Å². The molecule has 0 heterocycles. The first-order chi connectivity index (χ1) is 9.13. The summed E-state index contributed by atoms with van der Waals surface area (Å²) in [6, 6.07) is 5.12. The van der Waals surface area contributed by atoms with Crippen molar-refractivity contribution < 1.29 is 9.53 Å². The van der Waals surface area contributed by atoms with E-state index >= 15 is 0 Å². The zero-order chi connectivity index (χ0) is 13.8. The lowest BCUT2D eigenvalue weighted by atomic mass is 9.86. The minimum Gasteiger partial charge on any atom is -0.489 e. The van der Waals surface area contributed by atoms with E-state index in [0.29, 0.717) is 23.2 Å². The highest BCUT2D eigenvalue weighted by atomic mass is 35.5. The van der Waals surface area contributed by atoms with Gasteiger partial charge in [0.15, 0.2) is 0 Å². The molecule has 2 atom stereocenters. The van der Waals surface area contributed by atoms with E-state index in [1.54, 1.807) is 18.2 Å². The molecular weight excluding hydrogens is 264 g/mol. The molecule has 5 heteroatoms. The summed E-state index contributed by atoms with van der Waals surface area (Å²) in [5.74, 6) is 0.222. The summed E-state index contributed by atoms with van der Waals surface area (Å²) in [5.41, 5.74) is 11.4. The molecule has 4 nitrogen and oxygen atoms in total. The van der Waals surface area contributed by atoms with Gasteiger partial charge in [-0.15, -0.1) is 0 Å². The zero-order valence-corrected chi connectivity index (χ0v) is 11.5. The molecule has 1 aromatic carbocycles. The van der Waals surface area contributed by atoms with Gasteiger partial charge in [-0.1, -0.05) is 24.1 Å². The number of amides is 1. The molecule has 1 amide bonds. The first kappa shape index (κ1) is 14.2. The van der Waals surface area contributed by atoms with Gasteiger partial charge in [-0.05, 0) is 37.9 Å². The number of ether oxygens (including phenoxy) is 1. The summed E-state index contributed by atoms with van der Waals surface area (Å²) in [4.78, 5) is 11.5. The largest absolute Gasteiger partial charge is 0.489 e. The minimum atomic E-state index is -0.569. The second-order valence-electron chi connectivity index (χ2n) is 4.91. The molecule has 104 valence electrons. The van der Waals surface area contributed by atoms with Gasteiger partial charge >= 0.3 is 0 Å². The fourth-order valence-electron chi connectivity index (χ4n) is 2.60. The lowest BCUT2D eigenvalue weighted by molar-refractivity contribution is 0.0908. The van der Waals surface area contributed by atoms with Crippen LogP contribution in [-0.4, -0.2) is 18.6 Å². The fourth-order valence-corrected chi connectivity index (χ4v) is 2.86. The van der Waals surface area contributed by atoms with Gasteiger partial charge in [-0.25, -0.2) is 0 Å². The molecule has 1 fully saturated rings. The lowest BCUT2D eigenvalue weighted by Crippen LogP contribution is -2.35. The smallest absolute Gasteiger partial charge is 0.253 e. The molecule has 0 spiro atoms. The van der Waals surface area contributed by atoms with E-state index in [1.807, 2.05) is 0 Å². The van der Waals surface area contributed by atoms with Crippen LogP contribution in [0.25, 0.3) is 0 Å². The number of primary amides is 1. The molecule has 1 aromatic rings. The van der Waals surface area contributed by atoms with Crippen LogP contribution in [0.15, 0.2) is 18.2 Å². The number of rotatable bonds is 4. The monoisotopic (exact) mass is 282 g/mol. The summed E-state index contributed by atoms with van der Waals surface area (Å²) < 4.78 is 5.97. The van der Waals surface area contributed by atoms with Crippen LogP contribution < -0.4 is 16.2 Å². The zero-order valence-electron chi connectivity index (χ0n) is 10.8. The first-order valence-electron chi connectivity index (χ1n) is 6.58. The summed E-state index contributed by atoms with van der Waals surface area (Å²) in [5, 5.41) is 0.324. The summed E-state index contributed by atoms with van der Waals surface area (Å²) >= 11 is 6.01. The number of halogens is 1. The van der Waals surface area contributed by atoms with E-state index < -0.39 is 5.91 Å². The van der Waals surface area contributed by atoms with Crippen LogP contribution >= 0.6 is 11.6 Å². The number of hydrogen-bond acceptors (Lipinski definition) is 3. The van der Waals surface area contributed by atoms with E-state index in [9.17, 15) is 4.79 Å². The topological polar surface area (TPSA) is 78.3 Å². The van der Waals surface area contributed by atoms with Gasteiger partial charge in [0.1, 0.15) is 11.9 Å². The average molecular weight is 283 g/mol. The van der Waals surface area contributed by atoms with Gasteiger partial charge in [-0.3, -0.25) is 4.79 Å². The molecule has 19 heavy (non-hydrogen) atoms. The van der Waals surface area contributed by atoms with Gasteiger partial charge in [0.05, 0.1) is 10.6 Å². The fraction of sp³-hybridized carbons (Fsp3) is 0.500. The molecule has 0 aromatic heterocycles. The van der Waals surface area contributed by atoms with Crippen LogP contribution in [0.5, 0.6) is 5.75 Å². The Hall–Kier alpha value is -1.26. The Labute approximate surface area is 118 Å². The van der Waals surface area contributed by atoms with Crippen molar-refractivity contribution in [3.8, 4) is 5.75 Å². The van der Waals surface area contributed by atoms with Crippen molar-refractivity contribution in [2.45, 2.75) is 31.8 Å². The van der Waals surface area contributed by atoms with E-state index in [2.05, 4.69) is 0 Å². The normalized spacial score (nSPS) is 23.1. The molecule has 2 unspecified atom stereocenters. The Morgan fingerprint density at radius 3 is 2.79 bits per heavy atom. The lowest BCUT2D eigenvalue weighted by Gasteiger charge is -2.31. The van der Waals surface area contributed by atoms with Crippen molar-refractivity contribution in [3.63, 3.8) is 0 Å². The number of benzene rings is 1. The summed E-state index contributed by atoms with van der Waals surface area (Å²) in [6.45, 7) is 0.594. The Balaban J connectivity index is 2.22. The second kappa shape index (κ2) is 6.26. The molecule has 0 radical (unpaired) electrons. The second-order valence-corrected chi connectivity index (χ2v) is 5.32. The third-order valence-electron chi connectivity index (χ3n) is 3.64. The van der Waals surface area contributed by atoms with Gasteiger partial charge in [-0.2, -0.15) is 0 Å². The number of nitrogens with two attached hydrogens (primary N) is 2. The summed E-state index contributed by atoms with van der Waals surface area (Å²) in [7, 11) is 0. The highest BCUT2D eigenvalue weighted by Gasteiger charge is 2.27. The van der Waals surface area contributed by atoms with Crippen LogP contribution in [0.1, 0.15) is 36.0 Å². The van der Waals surface area contributed by atoms with E-state index in [0.717, 1.165) is 19.3 Å². The van der Waals surface area contributed by atoms with Crippen molar-refractivity contribution >= 4 is 17.5 Å². The van der Waals surface area contributed by atoms with Crippen LogP contribution in [0.2, 0.25) is 5.02 Å². The maximum Gasteiger partial charge on any atom is 0.253 e. The Kier molecular flexibility index (Phi) is 4.66. The third kappa shape index (κ3) is 3.19. The Bertz CT molecular complexity index is 465. The highest BCUT2D eigenvalue weighted by molar-refractivity contribution is 6.34. The van der Waals surface area contributed by atoms with E-state index in [4.69, 9.17) is 27.8 Å². The van der Waals surface area contributed by atoms with Gasteiger partial charge in [0, 0.05) is 5.92 Å². The molecule has 1 saturated carbocycles. The van der Waals surface area contributed by atoms with Gasteiger partial charge in [0.25, 0.3) is 5.91 Å². The van der Waals surface area contributed by atoms with Crippen molar-refractivity contribution in [1.29, 1.82) is 0 Å². The van der Waals surface area contributed by atoms with Crippen LogP contribution in [0.3, 0.4) is 0 Å². The molecule has 1 aliphatic carbocycles. The molecule has 0 aliphatic heterocycles. The summed E-state index contributed by atoms with van der Waals surface area (Å²) in [6.07, 6.45) is 4.35. The van der Waals surface area contributed by atoms with Crippen molar-refractivity contribution in [1.82, 2.24) is 0 Å². The molecule has 0 saturated heterocycles. The molecule has 0 bridgehead atoms. The van der Waals surface area contributed by atoms with Crippen molar-refractivity contribution in [3.05, 3.63) is 28.8 Å². The Morgan fingerprint density at radius 1 is 1.37 bits per heavy atom. The molecule has 1 aliphatic rings. The van der Waals surface area contributed by atoms with Crippen LogP contribution in [0, 0.1) is 5.92 Å². The first-order valence-corrected chi connectivity index (χ1v) is 6.96. The van der Waals surface area contributed by atoms with Crippen LogP contribution in [-0.2, 0) is 0 Å². The molecular formula is C14H19ClN2O2. The van der Waals surface area contributed by atoms with E-state index in [1.165, 1.54) is 6.42 Å². The van der Waals surface area contributed by atoms with E-state index in [-0.39, 0.29) is 11.7 Å². The minimum absolute atomic E-state index is 0.0373. The van der Waals surface area contributed by atoms with Gasteiger partial charge in [0.2, 0.25) is 0 Å². The molecule has 2 rings (SSSR count). The predicted molar refractivity (Wildman–Crippen MR) is 75.4 cm³/mol. The predicted octanol–water partition coefficient (Wildman–Crippen LogP) is 2.34. The van der Waals surface area contributed by atoms with Gasteiger partial charge < -0.3 is 16.2 Å². The number of hydrogen-bond donors (Lipinski definition) is 2. The highest BCUT2D eigenvalue weighted by Crippen LogP contribution is 2.32. The number of carbonyl (C=O) groups excluding carboxylic acids is 1. The third-order valence-corrected chi connectivity index (χ3v) is 3.96.